The summed E-state index contributed by atoms with van der Waals surface area (Å²) < 4.78 is 0. The van der Waals surface area contributed by atoms with Crippen molar-refractivity contribution in [1.82, 2.24) is 20.9 Å². The van der Waals surface area contributed by atoms with Crippen LogP contribution >= 0.6 is 11.6 Å². The van der Waals surface area contributed by atoms with Gasteiger partial charge in [-0.1, -0.05) is 11.6 Å². The number of aromatic nitrogens is 1. The second-order valence-corrected chi connectivity index (χ2v) is 8.31. The van der Waals surface area contributed by atoms with Crippen molar-refractivity contribution in [2.75, 3.05) is 25.0 Å². The van der Waals surface area contributed by atoms with Gasteiger partial charge in [-0.3, -0.25) is 24.4 Å². The number of aliphatic carboxylic acids is 1. The van der Waals surface area contributed by atoms with Crippen LogP contribution < -0.4 is 21.3 Å². The zero-order valence-electron chi connectivity index (χ0n) is 18.7. The number of halogens is 1. The number of aliphatic hydroxyl groups is 1. The number of β-amino-alcohol motifs (C(OH)–C–C–N with tert-alkyl or cyclic N) is 1. The number of carboxylic acid groups (broad SMARTS) is 1. The van der Waals surface area contributed by atoms with Crippen LogP contribution in [0, 0.1) is 6.92 Å². The lowest BCUT2D eigenvalue weighted by Crippen LogP contribution is -2.42. The molecule has 3 rings (SSSR count). The Balaban J connectivity index is 1.62. The van der Waals surface area contributed by atoms with E-state index in [1.807, 2.05) is 0 Å². The molecule has 0 saturated heterocycles. The number of aryl methyl sites for hydroxylation is 1. The highest BCUT2D eigenvalue weighted by molar-refractivity contribution is 6.30. The molecule has 2 heterocycles. The van der Waals surface area contributed by atoms with Crippen LogP contribution in [0.15, 0.2) is 35.6 Å². The molecule has 0 aliphatic carbocycles. The molecule has 1 aliphatic heterocycles. The van der Waals surface area contributed by atoms with Crippen molar-refractivity contribution < 1.29 is 29.7 Å². The molecular weight excluding hydrogens is 480 g/mol. The first kappa shape index (κ1) is 25.7. The molecule has 1 aromatic carbocycles. The van der Waals surface area contributed by atoms with Crippen LogP contribution in [-0.4, -0.2) is 69.8 Å². The Morgan fingerprint density at radius 3 is 2.71 bits per heavy atom. The van der Waals surface area contributed by atoms with Crippen LogP contribution in [0.5, 0.6) is 5.75 Å². The molecule has 1 aliphatic rings. The minimum Gasteiger partial charge on any atom is -0.507 e. The van der Waals surface area contributed by atoms with E-state index >= 15 is 0 Å². The number of rotatable bonds is 8. The Hall–Kier alpha value is -3.90. The van der Waals surface area contributed by atoms with Crippen LogP contribution in [0.2, 0.25) is 5.02 Å². The number of pyridine rings is 1. The number of aliphatic imine (C=N–C) groups is 1. The lowest BCUT2D eigenvalue weighted by atomic mass is 10.00. The number of nitrogens with one attached hydrogen (secondary N) is 4. The number of hydrogen-bond donors (Lipinski definition) is 7. The van der Waals surface area contributed by atoms with Gasteiger partial charge < -0.3 is 36.6 Å². The van der Waals surface area contributed by atoms with E-state index in [-0.39, 0.29) is 28.4 Å². The molecule has 0 saturated carbocycles. The first-order chi connectivity index (χ1) is 16.6. The third-order valence-corrected chi connectivity index (χ3v) is 5.24. The number of benzene rings is 1. The molecule has 0 spiro atoms. The predicted molar refractivity (Wildman–Crippen MR) is 127 cm³/mol. The maximum atomic E-state index is 12.5. The molecule has 13 heteroatoms. The summed E-state index contributed by atoms with van der Waals surface area (Å²) in [7, 11) is 0. The van der Waals surface area contributed by atoms with Gasteiger partial charge in [0.25, 0.3) is 5.91 Å². The van der Waals surface area contributed by atoms with Crippen LogP contribution in [0.3, 0.4) is 0 Å². The summed E-state index contributed by atoms with van der Waals surface area (Å²) in [6.07, 6.45) is 1.73. The number of anilines is 1. The fraction of sp³-hybridized carbons (Fsp3) is 0.318. The van der Waals surface area contributed by atoms with E-state index in [1.165, 1.54) is 30.6 Å². The summed E-state index contributed by atoms with van der Waals surface area (Å²) in [5, 5.41) is 40.1. The van der Waals surface area contributed by atoms with E-state index in [0.717, 1.165) is 0 Å². The molecule has 12 nitrogen and oxygen atoms in total. The Morgan fingerprint density at radius 1 is 1.26 bits per heavy atom. The number of nitrogens with zero attached hydrogens (tertiary/aromatic N) is 2. The monoisotopic (exact) mass is 504 g/mol. The van der Waals surface area contributed by atoms with Gasteiger partial charge in [-0.25, -0.2) is 0 Å². The highest BCUT2D eigenvalue weighted by Crippen LogP contribution is 2.32. The molecule has 0 fully saturated rings. The molecule has 2 amide bonds. The molecule has 186 valence electrons. The average Bonchev–Trinajstić information content (AvgIpc) is 2.81. The quantitative estimate of drug-likeness (QED) is 0.269. The number of aliphatic hydroxyl groups excluding tert-OH is 1. The number of guanidine groups is 1. The van der Waals surface area contributed by atoms with Crippen LogP contribution in [0.25, 0.3) is 0 Å². The van der Waals surface area contributed by atoms with Crippen molar-refractivity contribution in [1.29, 1.82) is 0 Å². The van der Waals surface area contributed by atoms with Gasteiger partial charge in [0.1, 0.15) is 5.75 Å². The number of phenolic OH excluding ortho intramolecular Hbond substituents is 1. The van der Waals surface area contributed by atoms with Gasteiger partial charge in [-0.15, -0.1) is 0 Å². The molecule has 7 N–H and O–H groups in total. The van der Waals surface area contributed by atoms with Crippen molar-refractivity contribution >= 4 is 41.0 Å². The van der Waals surface area contributed by atoms with Crippen LogP contribution in [0.1, 0.15) is 33.9 Å². The van der Waals surface area contributed by atoms with E-state index in [2.05, 4.69) is 31.2 Å². The third kappa shape index (κ3) is 7.29. The Labute approximate surface area is 205 Å². The highest BCUT2D eigenvalue weighted by atomic mass is 35.5. The highest BCUT2D eigenvalue weighted by Gasteiger charge is 2.23. The maximum Gasteiger partial charge on any atom is 0.305 e. The number of hydrogen-bond acceptors (Lipinski definition) is 9. The van der Waals surface area contributed by atoms with Crippen molar-refractivity contribution in [3.05, 3.63) is 52.3 Å². The van der Waals surface area contributed by atoms with Gasteiger partial charge in [0.2, 0.25) is 5.91 Å². The molecule has 1 unspecified atom stereocenters. The second-order valence-electron chi connectivity index (χ2n) is 7.87. The van der Waals surface area contributed by atoms with E-state index < -0.39 is 42.9 Å². The van der Waals surface area contributed by atoms with E-state index in [4.69, 9.17) is 11.6 Å². The van der Waals surface area contributed by atoms with Crippen LogP contribution in [0.4, 0.5) is 5.69 Å². The summed E-state index contributed by atoms with van der Waals surface area (Å²) >= 11 is 6.03. The summed E-state index contributed by atoms with van der Waals surface area (Å²) in [6, 6.07) is 3.34. The molecule has 2 atom stereocenters. The number of carboxylic acids is 1. The molecule has 35 heavy (non-hydrogen) atoms. The average molecular weight is 505 g/mol. The first-order valence-electron chi connectivity index (χ1n) is 10.6. The lowest BCUT2D eigenvalue weighted by molar-refractivity contribution is -0.137. The van der Waals surface area contributed by atoms with Gasteiger partial charge in [0.05, 0.1) is 49.1 Å². The smallest absolute Gasteiger partial charge is 0.305 e. The fourth-order valence-electron chi connectivity index (χ4n) is 3.33. The number of aromatic hydroxyl groups is 1. The standard InChI is InChI=1S/C22H25ClN6O6/c1-11-2-13(23)4-16(20(11)34)17(5-19(32)33)29-18(31)10-25-21(35)12-3-14(7-24-6-12)28-22-26-8-15(30)9-27-22/h2-4,6-7,15,17,30,34H,5,8-10H2,1H3,(H,25,35)(H,29,31)(H,32,33)(H2,26,27,28)/t17-/m0/s1. The molecule has 0 radical (unpaired) electrons. The topological polar surface area (TPSA) is 185 Å². The first-order valence-corrected chi connectivity index (χ1v) is 11.0. The maximum absolute atomic E-state index is 12.5. The normalized spacial score (nSPS) is 15.9. The van der Waals surface area contributed by atoms with Crippen LogP contribution in [-0.2, 0) is 9.59 Å². The zero-order chi connectivity index (χ0) is 25.5. The second kappa shape index (κ2) is 11.5. The number of carbonyl (C=O) groups is 3. The minimum atomic E-state index is -1.20. The fourth-order valence-corrected chi connectivity index (χ4v) is 3.61. The Bertz CT molecular complexity index is 1160. The van der Waals surface area contributed by atoms with Gasteiger partial charge >= 0.3 is 5.97 Å². The van der Waals surface area contributed by atoms with Crippen molar-refractivity contribution in [3.63, 3.8) is 0 Å². The zero-order valence-corrected chi connectivity index (χ0v) is 19.5. The molecule has 0 bridgehead atoms. The van der Waals surface area contributed by atoms with Gasteiger partial charge in [0, 0.05) is 23.3 Å². The third-order valence-electron chi connectivity index (χ3n) is 5.02. The summed E-state index contributed by atoms with van der Waals surface area (Å²) in [4.78, 5) is 44.4. The van der Waals surface area contributed by atoms with Gasteiger partial charge in [-0.05, 0) is 30.7 Å². The SMILES string of the molecule is Cc1cc(Cl)cc([C@H](CC(=O)O)NC(=O)CNC(=O)c2cncc(NC3=NCC(O)CN3)c2)c1O. The molecule has 2 aromatic rings. The van der Waals surface area contributed by atoms with E-state index in [9.17, 15) is 29.7 Å². The summed E-state index contributed by atoms with van der Waals surface area (Å²) in [5.41, 5.74) is 1.23. The van der Waals surface area contributed by atoms with Crippen molar-refractivity contribution in [3.8, 4) is 5.75 Å². The van der Waals surface area contributed by atoms with E-state index in [0.29, 0.717) is 23.8 Å². The number of amides is 2. The van der Waals surface area contributed by atoms with Gasteiger partial charge in [-0.2, -0.15) is 0 Å². The minimum absolute atomic E-state index is 0.159. The number of carbonyl (C=O) groups excluding carboxylic acids is 2. The summed E-state index contributed by atoms with van der Waals surface area (Å²) in [5.74, 6) is -2.19. The predicted octanol–water partition coefficient (Wildman–Crippen LogP) is 0.543. The molecule has 1 aromatic heterocycles. The lowest BCUT2D eigenvalue weighted by Gasteiger charge is -2.20. The van der Waals surface area contributed by atoms with E-state index in [1.54, 1.807) is 6.92 Å². The largest absolute Gasteiger partial charge is 0.507 e. The Kier molecular flexibility index (Phi) is 8.44. The van der Waals surface area contributed by atoms with Crippen molar-refractivity contribution in [2.45, 2.75) is 25.5 Å². The summed E-state index contributed by atoms with van der Waals surface area (Å²) in [6.45, 7) is 1.73. The number of phenols is 1. The van der Waals surface area contributed by atoms with Gasteiger partial charge in [0.15, 0.2) is 5.96 Å². The molecular formula is C22H25ClN6O6. The van der Waals surface area contributed by atoms with Crippen molar-refractivity contribution in [2.24, 2.45) is 4.99 Å². The Morgan fingerprint density at radius 2 is 2.03 bits per heavy atom.